The SMILES string of the molecule is CCC1(C(=O)Nc2cccc(-n3cccn3)c2)CCNC1. The minimum Gasteiger partial charge on any atom is -0.325 e. The van der Waals surface area contributed by atoms with E-state index in [1.165, 1.54) is 0 Å². The van der Waals surface area contributed by atoms with Crippen LogP contribution in [0.5, 0.6) is 0 Å². The lowest BCUT2D eigenvalue weighted by atomic mass is 9.83. The fraction of sp³-hybridized carbons (Fsp3) is 0.375. The second-order valence-corrected chi connectivity index (χ2v) is 5.52. The number of benzene rings is 1. The molecule has 2 heterocycles. The summed E-state index contributed by atoms with van der Waals surface area (Å²) in [7, 11) is 0. The molecule has 0 radical (unpaired) electrons. The van der Waals surface area contributed by atoms with Crippen LogP contribution in [0.25, 0.3) is 5.69 Å². The molecule has 1 amide bonds. The van der Waals surface area contributed by atoms with Crippen LogP contribution >= 0.6 is 0 Å². The number of anilines is 1. The standard InChI is InChI=1S/C16H20N4O/c1-2-16(7-9-17-12-16)15(21)19-13-5-3-6-14(11-13)20-10-4-8-18-20/h3-6,8,10-11,17H,2,7,9,12H2,1H3,(H,19,21). The van der Waals surface area contributed by atoms with Gasteiger partial charge in [0.25, 0.3) is 0 Å². The van der Waals surface area contributed by atoms with Crippen LogP contribution in [0, 0.1) is 5.41 Å². The van der Waals surface area contributed by atoms with E-state index in [4.69, 9.17) is 0 Å². The monoisotopic (exact) mass is 284 g/mol. The zero-order chi connectivity index (χ0) is 14.7. The highest BCUT2D eigenvalue weighted by Crippen LogP contribution is 2.31. The Morgan fingerprint density at radius 1 is 1.48 bits per heavy atom. The molecule has 1 aromatic heterocycles. The van der Waals surface area contributed by atoms with Gasteiger partial charge in [0.15, 0.2) is 0 Å². The highest BCUT2D eigenvalue weighted by atomic mass is 16.2. The minimum absolute atomic E-state index is 0.104. The summed E-state index contributed by atoms with van der Waals surface area (Å²) in [6, 6.07) is 9.63. The molecule has 5 heteroatoms. The lowest BCUT2D eigenvalue weighted by Crippen LogP contribution is -2.37. The van der Waals surface area contributed by atoms with Gasteiger partial charge in [-0.25, -0.2) is 4.68 Å². The maximum atomic E-state index is 12.6. The molecular weight excluding hydrogens is 264 g/mol. The fourth-order valence-corrected chi connectivity index (χ4v) is 2.81. The summed E-state index contributed by atoms with van der Waals surface area (Å²) in [4.78, 5) is 12.6. The van der Waals surface area contributed by atoms with Gasteiger partial charge >= 0.3 is 0 Å². The van der Waals surface area contributed by atoms with Crippen LogP contribution in [0.1, 0.15) is 19.8 Å². The molecular formula is C16H20N4O. The van der Waals surface area contributed by atoms with E-state index in [1.807, 2.05) is 36.5 Å². The van der Waals surface area contributed by atoms with Gasteiger partial charge in [-0.1, -0.05) is 13.0 Å². The van der Waals surface area contributed by atoms with Gasteiger partial charge in [-0.15, -0.1) is 0 Å². The number of carbonyl (C=O) groups is 1. The van der Waals surface area contributed by atoms with Gasteiger partial charge in [0.1, 0.15) is 0 Å². The first-order valence-corrected chi connectivity index (χ1v) is 7.36. The fourth-order valence-electron chi connectivity index (χ4n) is 2.81. The smallest absolute Gasteiger partial charge is 0.231 e. The van der Waals surface area contributed by atoms with E-state index in [1.54, 1.807) is 10.9 Å². The van der Waals surface area contributed by atoms with Crippen molar-refractivity contribution >= 4 is 11.6 Å². The number of carbonyl (C=O) groups excluding carboxylic acids is 1. The van der Waals surface area contributed by atoms with Gasteiger partial charge in [0, 0.05) is 24.6 Å². The number of aromatic nitrogens is 2. The van der Waals surface area contributed by atoms with Gasteiger partial charge in [-0.3, -0.25) is 4.79 Å². The van der Waals surface area contributed by atoms with Crippen molar-refractivity contribution < 1.29 is 4.79 Å². The zero-order valence-electron chi connectivity index (χ0n) is 12.2. The van der Waals surface area contributed by atoms with Crippen molar-refractivity contribution in [3.63, 3.8) is 0 Å². The van der Waals surface area contributed by atoms with Crippen molar-refractivity contribution in [2.24, 2.45) is 5.41 Å². The van der Waals surface area contributed by atoms with Gasteiger partial charge in [-0.05, 0) is 43.7 Å². The van der Waals surface area contributed by atoms with Crippen LogP contribution in [0.4, 0.5) is 5.69 Å². The molecule has 1 saturated heterocycles. The van der Waals surface area contributed by atoms with Crippen LogP contribution in [-0.2, 0) is 4.79 Å². The molecule has 1 atom stereocenters. The quantitative estimate of drug-likeness (QED) is 0.905. The van der Waals surface area contributed by atoms with Crippen molar-refractivity contribution in [1.82, 2.24) is 15.1 Å². The predicted molar refractivity (Wildman–Crippen MR) is 82.4 cm³/mol. The molecule has 3 rings (SSSR count). The molecule has 0 saturated carbocycles. The number of rotatable bonds is 4. The molecule has 0 aliphatic carbocycles. The maximum absolute atomic E-state index is 12.6. The van der Waals surface area contributed by atoms with Gasteiger partial charge in [-0.2, -0.15) is 5.10 Å². The van der Waals surface area contributed by atoms with E-state index in [0.717, 1.165) is 37.3 Å². The predicted octanol–water partition coefficient (Wildman–Crippen LogP) is 2.20. The van der Waals surface area contributed by atoms with Crippen LogP contribution in [0.3, 0.4) is 0 Å². The van der Waals surface area contributed by atoms with Crippen molar-refractivity contribution in [2.75, 3.05) is 18.4 Å². The van der Waals surface area contributed by atoms with E-state index < -0.39 is 0 Å². The number of hydrogen-bond acceptors (Lipinski definition) is 3. The highest BCUT2D eigenvalue weighted by Gasteiger charge is 2.39. The second-order valence-electron chi connectivity index (χ2n) is 5.52. The molecule has 110 valence electrons. The molecule has 0 bridgehead atoms. The van der Waals surface area contributed by atoms with Crippen molar-refractivity contribution in [1.29, 1.82) is 0 Å². The molecule has 1 aromatic carbocycles. The van der Waals surface area contributed by atoms with E-state index in [2.05, 4.69) is 22.7 Å². The normalized spacial score (nSPS) is 21.4. The molecule has 1 unspecified atom stereocenters. The van der Waals surface area contributed by atoms with Crippen LogP contribution in [-0.4, -0.2) is 28.8 Å². The Labute approximate surface area is 124 Å². The van der Waals surface area contributed by atoms with Crippen molar-refractivity contribution in [3.8, 4) is 5.69 Å². The van der Waals surface area contributed by atoms with Crippen LogP contribution < -0.4 is 10.6 Å². The Morgan fingerprint density at radius 3 is 3.05 bits per heavy atom. The van der Waals surface area contributed by atoms with E-state index >= 15 is 0 Å². The molecule has 1 aliphatic rings. The van der Waals surface area contributed by atoms with Crippen LogP contribution in [0.15, 0.2) is 42.7 Å². The Bertz CT molecular complexity index is 615. The average molecular weight is 284 g/mol. The molecule has 5 nitrogen and oxygen atoms in total. The average Bonchev–Trinajstić information content (AvgIpc) is 3.20. The maximum Gasteiger partial charge on any atom is 0.231 e. The largest absolute Gasteiger partial charge is 0.325 e. The molecule has 0 spiro atoms. The zero-order valence-corrected chi connectivity index (χ0v) is 12.2. The first-order chi connectivity index (χ1) is 10.2. The van der Waals surface area contributed by atoms with Gasteiger partial charge in [0.2, 0.25) is 5.91 Å². The van der Waals surface area contributed by atoms with Crippen molar-refractivity contribution in [3.05, 3.63) is 42.7 Å². The Balaban J connectivity index is 1.79. The van der Waals surface area contributed by atoms with Crippen molar-refractivity contribution in [2.45, 2.75) is 19.8 Å². The summed E-state index contributed by atoms with van der Waals surface area (Å²) < 4.78 is 1.78. The van der Waals surface area contributed by atoms with E-state index in [0.29, 0.717) is 0 Å². The first-order valence-electron chi connectivity index (χ1n) is 7.36. The number of nitrogens with zero attached hydrogens (tertiary/aromatic N) is 2. The highest BCUT2D eigenvalue weighted by molar-refractivity contribution is 5.96. The summed E-state index contributed by atoms with van der Waals surface area (Å²) in [6.07, 6.45) is 5.37. The third-order valence-electron chi connectivity index (χ3n) is 4.28. The van der Waals surface area contributed by atoms with E-state index in [9.17, 15) is 4.79 Å². The second kappa shape index (κ2) is 5.69. The van der Waals surface area contributed by atoms with Gasteiger partial charge in [0.05, 0.1) is 11.1 Å². The number of amides is 1. The molecule has 1 fully saturated rings. The summed E-state index contributed by atoms with van der Waals surface area (Å²) >= 11 is 0. The third kappa shape index (κ3) is 2.69. The molecule has 2 N–H and O–H groups in total. The molecule has 21 heavy (non-hydrogen) atoms. The number of hydrogen-bond donors (Lipinski definition) is 2. The Kier molecular flexibility index (Phi) is 3.75. The lowest BCUT2D eigenvalue weighted by molar-refractivity contribution is -0.124. The minimum atomic E-state index is -0.276. The van der Waals surface area contributed by atoms with Crippen LogP contribution in [0.2, 0.25) is 0 Å². The third-order valence-corrected chi connectivity index (χ3v) is 4.28. The summed E-state index contributed by atoms with van der Waals surface area (Å²) in [5.74, 6) is 0.104. The lowest BCUT2D eigenvalue weighted by Gasteiger charge is -2.25. The topological polar surface area (TPSA) is 59.0 Å². The van der Waals surface area contributed by atoms with E-state index in [-0.39, 0.29) is 11.3 Å². The summed E-state index contributed by atoms with van der Waals surface area (Å²) in [5.41, 5.74) is 1.47. The number of nitrogens with one attached hydrogen (secondary N) is 2. The Morgan fingerprint density at radius 2 is 2.38 bits per heavy atom. The van der Waals surface area contributed by atoms with Gasteiger partial charge < -0.3 is 10.6 Å². The molecule has 1 aliphatic heterocycles. The summed E-state index contributed by atoms with van der Waals surface area (Å²) in [5, 5.41) is 10.6. The molecule has 2 aromatic rings. The first kappa shape index (κ1) is 13.8. The summed E-state index contributed by atoms with van der Waals surface area (Å²) in [6.45, 7) is 3.75. The Hall–Kier alpha value is -2.14.